The molecule has 1 atom stereocenters. The molecule has 3 heteroatoms. The number of nitrogens with zero attached hydrogens (tertiary/aromatic N) is 1. The van der Waals surface area contributed by atoms with Crippen LogP contribution in [0.15, 0.2) is 24.3 Å². The SMILES string of the molecule is CCCCCCCC(=O)C(C#N)c1ccc(OC)cc1. The third-order valence-electron chi connectivity index (χ3n) is 3.43. The van der Waals surface area contributed by atoms with Crippen molar-refractivity contribution in [2.45, 2.75) is 51.4 Å². The molecule has 0 heterocycles. The maximum Gasteiger partial charge on any atom is 0.154 e. The van der Waals surface area contributed by atoms with E-state index >= 15 is 0 Å². The minimum Gasteiger partial charge on any atom is -0.497 e. The standard InChI is InChI=1S/C17H23NO2/c1-3-4-5-6-7-8-17(19)16(13-18)14-9-11-15(20-2)12-10-14/h9-12,16H,3-8H2,1-2H3. The summed E-state index contributed by atoms with van der Waals surface area (Å²) in [7, 11) is 1.60. The number of benzene rings is 1. The highest BCUT2D eigenvalue weighted by atomic mass is 16.5. The molecular formula is C17H23NO2. The summed E-state index contributed by atoms with van der Waals surface area (Å²) in [6.07, 6.45) is 6.03. The van der Waals surface area contributed by atoms with E-state index in [2.05, 4.69) is 13.0 Å². The van der Waals surface area contributed by atoms with Crippen molar-refractivity contribution in [1.29, 1.82) is 5.26 Å². The van der Waals surface area contributed by atoms with E-state index in [0.717, 1.165) is 24.2 Å². The van der Waals surface area contributed by atoms with E-state index in [1.54, 1.807) is 31.4 Å². The summed E-state index contributed by atoms with van der Waals surface area (Å²) < 4.78 is 5.08. The van der Waals surface area contributed by atoms with Crippen LogP contribution in [0.25, 0.3) is 0 Å². The van der Waals surface area contributed by atoms with Gasteiger partial charge in [-0.05, 0) is 24.1 Å². The zero-order chi connectivity index (χ0) is 14.8. The average Bonchev–Trinajstić information content (AvgIpc) is 2.48. The van der Waals surface area contributed by atoms with Crippen molar-refractivity contribution >= 4 is 5.78 Å². The molecule has 0 radical (unpaired) electrons. The summed E-state index contributed by atoms with van der Waals surface area (Å²) >= 11 is 0. The molecule has 3 nitrogen and oxygen atoms in total. The third-order valence-corrected chi connectivity index (χ3v) is 3.43. The van der Waals surface area contributed by atoms with Crippen molar-refractivity contribution in [3.63, 3.8) is 0 Å². The Labute approximate surface area is 121 Å². The van der Waals surface area contributed by atoms with Gasteiger partial charge in [-0.1, -0.05) is 44.7 Å². The van der Waals surface area contributed by atoms with E-state index in [9.17, 15) is 10.1 Å². The Morgan fingerprint density at radius 3 is 2.40 bits per heavy atom. The summed E-state index contributed by atoms with van der Waals surface area (Å²) in [5.74, 6) is 0.110. The first-order valence-electron chi connectivity index (χ1n) is 7.29. The molecule has 1 rings (SSSR count). The molecule has 0 aliphatic carbocycles. The molecule has 0 aromatic heterocycles. The predicted molar refractivity (Wildman–Crippen MR) is 79.7 cm³/mol. The number of hydrogen-bond acceptors (Lipinski definition) is 3. The van der Waals surface area contributed by atoms with Gasteiger partial charge in [-0.25, -0.2) is 0 Å². The summed E-state index contributed by atoms with van der Waals surface area (Å²) in [6, 6.07) is 9.28. The Balaban J connectivity index is 2.52. The van der Waals surface area contributed by atoms with Gasteiger partial charge >= 0.3 is 0 Å². The molecule has 20 heavy (non-hydrogen) atoms. The zero-order valence-corrected chi connectivity index (χ0v) is 12.4. The van der Waals surface area contributed by atoms with Gasteiger partial charge in [0.1, 0.15) is 11.7 Å². The lowest BCUT2D eigenvalue weighted by molar-refractivity contribution is -0.119. The first-order chi connectivity index (χ1) is 9.72. The van der Waals surface area contributed by atoms with Crippen LogP contribution in [0.4, 0.5) is 0 Å². The van der Waals surface area contributed by atoms with Gasteiger partial charge in [0.25, 0.3) is 0 Å². The first-order valence-corrected chi connectivity index (χ1v) is 7.29. The van der Waals surface area contributed by atoms with Gasteiger partial charge in [-0.15, -0.1) is 0 Å². The lowest BCUT2D eigenvalue weighted by atomic mass is 9.93. The minimum atomic E-state index is -0.646. The number of unbranched alkanes of at least 4 members (excludes halogenated alkanes) is 4. The molecule has 0 saturated carbocycles. The Morgan fingerprint density at radius 2 is 1.85 bits per heavy atom. The van der Waals surface area contributed by atoms with Crippen molar-refractivity contribution in [2.75, 3.05) is 7.11 Å². The second-order valence-electron chi connectivity index (χ2n) is 4.97. The fourth-order valence-electron chi connectivity index (χ4n) is 2.18. The van der Waals surface area contributed by atoms with E-state index < -0.39 is 5.92 Å². The van der Waals surface area contributed by atoms with Crippen LogP contribution in [-0.2, 0) is 4.79 Å². The normalized spacial score (nSPS) is 11.7. The highest BCUT2D eigenvalue weighted by Gasteiger charge is 2.19. The van der Waals surface area contributed by atoms with Crippen molar-refractivity contribution in [2.24, 2.45) is 0 Å². The van der Waals surface area contributed by atoms with Gasteiger partial charge < -0.3 is 4.74 Å². The summed E-state index contributed by atoms with van der Waals surface area (Å²) in [6.45, 7) is 2.17. The van der Waals surface area contributed by atoms with Crippen LogP contribution in [0.5, 0.6) is 5.75 Å². The number of methoxy groups -OCH3 is 1. The molecule has 0 N–H and O–H groups in total. The lowest BCUT2D eigenvalue weighted by Gasteiger charge is -2.09. The highest BCUT2D eigenvalue weighted by molar-refractivity contribution is 5.88. The molecule has 0 spiro atoms. The van der Waals surface area contributed by atoms with Gasteiger partial charge in [0.05, 0.1) is 13.2 Å². The number of carbonyl (C=O) groups is 1. The van der Waals surface area contributed by atoms with Gasteiger partial charge in [-0.2, -0.15) is 5.26 Å². The number of ether oxygens (including phenoxy) is 1. The number of rotatable bonds is 9. The van der Waals surface area contributed by atoms with E-state index in [0.29, 0.717) is 6.42 Å². The van der Waals surface area contributed by atoms with Crippen molar-refractivity contribution in [3.05, 3.63) is 29.8 Å². The van der Waals surface area contributed by atoms with Crippen LogP contribution >= 0.6 is 0 Å². The number of carbonyl (C=O) groups excluding carboxylic acids is 1. The van der Waals surface area contributed by atoms with Gasteiger partial charge in [0, 0.05) is 6.42 Å². The molecule has 108 valence electrons. The van der Waals surface area contributed by atoms with Gasteiger partial charge in [0.2, 0.25) is 0 Å². The summed E-state index contributed by atoms with van der Waals surface area (Å²) in [5.41, 5.74) is 0.756. The Hall–Kier alpha value is -1.82. The molecule has 0 amide bonds. The minimum absolute atomic E-state index is 0.0224. The number of hydrogen-bond donors (Lipinski definition) is 0. The van der Waals surface area contributed by atoms with E-state index in [4.69, 9.17) is 4.74 Å². The van der Waals surface area contributed by atoms with Gasteiger partial charge in [0.15, 0.2) is 5.78 Å². The van der Waals surface area contributed by atoms with Crippen molar-refractivity contribution in [3.8, 4) is 11.8 Å². The van der Waals surface area contributed by atoms with Crippen LogP contribution < -0.4 is 4.74 Å². The second-order valence-corrected chi connectivity index (χ2v) is 4.97. The Morgan fingerprint density at radius 1 is 1.20 bits per heavy atom. The summed E-state index contributed by atoms with van der Waals surface area (Å²) in [5, 5.41) is 9.22. The quantitative estimate of drug-likeness (QED) is 0.632. The summed E-state index contributed by atoms with van der Waals surface area (Å²) in [4.78, 5) is 12.1. The van der Waals surface area contributed by atoms with Crippen LogP contribution in [0.3, 0.4) is 0 Å². The molecule has 1 unspecified atom stereocenters. The monoisotopic (exact) mass is 273 g/mol. The fourth-order valence-corrected chi connectivity index (χ4v) is 2.18. The van der Waals surface area contributed by atoms with Gasteiger partial charge in [-0.3, -0.25) is 4.79 Å². The average molecular weight is 273 g/mol. The van der Waals surface area contributed by atoms with Crippen molar-refractivity contribution in [1.82, 2.24) is 0 Å². The lowest BCUT2D eigenvalue weighted by Crippen LogP contribution is -2.10. The molecule has 0 fully saturated rings. The van der Waals surface area contributed by atoms with Crippen LogP contribution in [-0.4, -0.2) is 12.9 Å². The molecule has 0 bridgehead atoms. The van der Waals surface area contributed by atoms with E-state index in [1.807, 2.05) is 0 Å². The van der Waals surface area contributed by atoms with Crippen LogP contribution in [0.2, 0.25) is 0 Å². The topological polar surface area (TPSA) is 50.1 Å². The Kier molecular flexibility index (Phi) is 7.42. The maximum atomic E-state index is 12.1. The molecule has 1 aromatic carbocycles. The largest absolute Gasteiger partial charge is 0.497 e. The molecule has 0 saturated heterocycles. The number of nitriles is 1. The van der Waals surface area contributed by atoms with E-state index in [1.165, 1.54) is 19.3 Å². The number of Topliss-reactive ketones (excluding diaryl/α,β-unsaturated/α-hetero) is 1. The molecule has 0 aliphatic heterocycles. The smallest absolute Gasteiger partial charge is 0.154 e. The number of ketones is 1. The van der Waals surface area contributed by atoms with E-state index in [-0.39, 0.29) is 5.78 Å². The second kappa shape index (κ2) is 9.14. The highest BCUT2D eigenvalue weighted by Crippen LogP contribution is 2.22. The predicted octanol–water partition coefficient (Wildman–Crippen LogP) is 4.23. The third kappa shape index (κ3) is 5.05. The maximum absolute atomic E-state index is 12.1. The first kappa shape index (κ1) is 16.2. The zero-order valence-electron chi connectivity index (χ0n) is 12.4. The molecule has 0 aliphatic rings. The molecule has 1 aromatic rings. The van der Waals surface area contributed by atoms with Crippen LogP contribution in [0, 0.1) is 11.3 Å². The van der Waals surface area contributed by atoms with Crippen molar-refractivity contribution < 1.29 is 9.53 Å². The Bertz CT molecular complexity index is 445. The van der Waals surface area contributed by atoms with Crippen LogP contribution in [0.1, 0.15) is 56.9 Å². The fraction of sp³-hybridized carbons (Fsp3) is 0.529. The molecular weight excluding hydrogens is 250 g/mol.